The van der Waals surface area contributed by atoms with Crippen molar-refractivity contribution in [2.45, 2.75) is 91.9 Å². The van der Waals surface area contributed by atoms with Crippen LogP contribution in [0.25, 0.3) is 0 Å². The van der Waals surface area contributed by atoms with Gasteiger partial charge in [-0.05, 0) is 51.2 Å². The minimum atomic E-state index is -0.112. The highest BCUT2D eigenvalue weighted by Crippen LogP contribution is 2.08. The highest BCUT2D eigenvalue weighted by molar-refractivity contribution is 5.69. The molecule has 150 valence electrons. The van der Waals surface area contributed by atoms with E-state index in [1.807, 2.05) is 19.9 Å². The maximum Gasteiger partial charge on any atom is 0.306 e. The molecule has 0 aliphatic rings. The molecule has 4 heteroatoms. The van der Waals surface area contributed by atoms with E-state index in [2.05, 4.69) is 19.9 Å². The van der Waals surface area contributed by atoms with Gasteiger partial charge in [0.2, 0.25) is 0 Å². The van der Waals surface area contributed by atoms with Gasteiger partial charge in [-0.25, -0.2) is 0 Å². The van der Waals surface area contributed by atoms with E-state index in [4.69, 9.17) is 9.47 Å². The van der Waals surface area contributed by atoms with Crippen LogP contribution in [-0.2, 0) is 19.1 Å². The highest BCUT2D eigenvalue weighted by atomic mass is 16.5. The number of hydrogen-bond acceptors (Lipinski definition) is 4. The van der Waals surface area contributed by atoms with E-state index in [9.17, 15) is 9.59 Å². The molecular weight excluding hydrogens is 328 g/mol. The third-order valence-electron chi connectivity index (χ3n) is 4.14. The molecule has 0 unspecified atom stereocenters. The number of rotatable bonds is 15. The Morgan fingerprint density at radius 1 is 0.731 bits per heavy atom. The van der Waals surface area contributed by atoms with Crippen molar-refractivity contribution in [3.63, 3.8) is 0 Å². The molecule has 0 aliphatic heterocycles. The first-order valence-electron chi connectivity index (χ1n) is 10.1. The first-order valence-corrected chi connectivity index (χ1v) is 10.1. The summed E-state index contributed by atoms with van der Waals surface area (Å²) in [6.07, 6.45) is 13.1. The van der Waals surface area contributed by atoms with Gasteiger partial charge >= 0.3 is 11.9 Å². The lowest BCUT2D eigenvalue weighted by molar-refractivity contribution is -0.143. The second kappa shape index (κ2) is 16.9. The first-order chi connectivity index (χ1) is 12.5. The van der Waals surface area contributed by atoms with E-state index in [1.165, 1.54) is 5.57 Å². The third kappa shape index (κ3) is 15.9. The summed E-state index contributed by atoms with van der Waals surface area (Å²) in [6, 6.07) is 0. The zero-order chi connectivity index (χ0) is 19.6. The molecule has 0 saturated heterocycles. The van der Waals surface area contributed by atoms with Crippen LogP contribution in [0.1, 0.15) is 91.9 Å². The Morgan fingerprint density at radius 3 is 1.88 bits per heavy atom. The Hall–Kier alpha value is -1.58. The molecular formula is C22H38O4. The molecule has 0 atom stereocenters. The van der Waals surface area contributed by atoms with Gasteiger partial charge in [-0.3, -0.25) is 9.59 Å². The maximum atomic E-state index is 11.6. The molecule has 0 rings (SSSR count). The van der Waals surface area contributed by atoms with Gasteiger partial charge in [0.05, 0.1) is 0 Å². The van der Waals surface area contributed by atoms with Crippen LogP contribution in [0.4, 0.5) is 0 Å². The van der Waals surface area contributed by atoms with Crippen LogP contribution < -0.4 is 0 Å². The average molecular weight is 367 g/mol. The summed E-state index contributed by atoms with van der Waals surface area (Å²) in [5.74, 6) is -0.220. The van der Waals surface area contributed by atoms with Crippen LogP contribution in [0.15, 0.2) is 23.3 Å². The smallest absolute Gasteiger partial charge is 0.306 e. The maximum absolute atomic E-state index is 11.6. The van der Waals surface area contributed by atoms with Crippen molar-refractivity contribution in [3.8, 4) is 0 Å². The van der Waals surface area contributed by atoms with Crippen molar-refractivity contribution in [1.29, 1.82) is 0 Å². The number of unbranched alkanes of at least 4 members (excludes halogenated alkanes) is 4. The molecule has 0 bridgehead atoms. The van der Waals surface area contributed by atoms with Crippen LogP contribution in [0.5, 0.6) is 0 Å². The summed E-state index contributed by atoms with van der Waals surface area (Å²) in [6.45, 7) is 8.99. The van der Waals surface area contributed by atoms with Gasteiger partial charge in [-0.2, -0.15) is 0 Å². The molecule has 0 fully saturated rings. The normalized spacial score (nSPS) is 12.2. The SMILES string of the molecule is CCCCCC(=O)OCC=C(C)CCC=C(C)COC(=O)CCCCC. The minimum absolute atomic E-state index is 0.108. The van der Waals surface area contributed by atoms with E-state index in [0.29, 0.717) is 26.1 Å². The van der Waals surface area contributed by atoms with Crippen molar-refractivity contribution in [1.82, 2.24) is 0 Å². The van der Waals surface area contributed by atoms with Gasteiger partial charge in [-0.15, -0.1) is 0 Å². The molecule has 0 aromatic carbocycles. The van der Waals surface area contributed by atoms with E-state index < -0.39 is 0 Å². The molecule has 0 amide bonds. The molecule has 26 heavy (non-hydrogen) atoms. The number of carbonyl (C=O) groups is 2. The second-order valence-corrected chi connectivity index (χ2v) is 6.90. The van der Waals surface area contributed by atoms with Gasteiger partial charge < -0.3 is 9.47 Å². The zero-order valence-corrected chi connectivity index (χ0v) is 17.3. The number of ether oxygens (including phenoxy) is 2. The Balaban J connectivity index is 3.85. The summed E-state index contributed by atoms with van der Waals surface area (Å²) in [5.41, 5.74) is 2.27. The van der Waals surface area contributed by atoms with Crippen molar-refractivity contribution < 1.29 is 19.1 Å². The largest absolute Gasteiger partial charge is 0.461 e. The van der Waals surface area contributed by atoms with Gasteiger partial charge in [0, 0.05) is 12.8 Å². The van der Waals surface area contributed by atoms with Gasteiger partial charge in [0.15, 0.2) is 0 Å². The van der Waals surface area contributed by atoms with Crippen LogP contribution in [0.3, 0.4) is 0 Å². The summed E-state index contributed by atoms with van der Waals surface area (Å²) < 4.78 is 10.5. The number of allylic oxidation sites excluding steroid dienone is 2. The lowest BCUT2D eigenvalue weighted by atomic mass is 10.1. The Morgan fingerprint density at radius 2 is 1.31 bits per heavy atom. The molecule has 0 aromatic rings. The summed E-state index contributed by atoms with van der Waals surface area (Å²) in [7, 11) is 0. The molecule has 0 saturated carbocycles. The molecule has 0 spiro atoms. The van der Waals surface area contributed by atoms with Crippen LogP contribution >= 0.6 is 0 Å². The Kier molecular flexibility index (Phi) is 15.8. The van der Waals surface area contributed by atoms with E-state index in [1.54, 1.807) is 0 Å². The Labute approximate surface area is 160 Å². The van der Waals surface area contributed by atoms with Gasteiger partial charge in [-0.1, -0.05) is 51.2 Å². The van der Waals surface area contributed by atoms with Gasteiger partial charge in [0.25, 0.3) is 0 Å². The van der Waals surface area contributed by atoms with E-state index >= 15 is 0 Å². The fourth-order valence-electron chi connectivity index (χ4n) is 2.36. The van der Waals surface area contributed by atoms with Gasteiger partial charge in [0.1, 0.15) is 13.2 Å². The molecule has 0 aliphatic carbocycles. The monoisotopic (exact) mass is 366 g/mol. The highest BCUT2D eigenvalue weighted by Gasteiger charge is 2.03. The lowest BCUT2D eigenvalue weighted by Crippen LogP contribution is -2.06. The van der Waals surface area contributed by atoms with E-state index in [0.717, 1.165) is 56.9 Å². The van der Waals surface area contributed by atoms with Crippen LogP contribution in [0, 0.1) is 0 Å². The molecule has 0 heterocycles. The fourth-order valence-corrected chi connectivity index (χ4v) is 2.36. The lowest BCUT2D eigenvalue weighted by Gasteiger charge is -2.06. The predicted molar refractivity (Wildman–Crippen MR) is 107 cm³/mol. The fraction of sp³-hybridized carbons (Fsp3) is 0.727. The Bertz CT molecular complexity index is 449. The number of hydrogen-bond donors (Lipinski definition) is 0. The van der Waals surface area contributed by atoms with E-state index in [-0.39, 0.29) is 11.9 Å². The standard InChI is InChI=1S/C22H38O4/c1-5-7-9-14-21(23)25-17-16-19(3)12-11-13-20(4)18-26-22(24)15-10-8-6-2/h13,16H,5-12,14-15,17-18H2,1-4H3. The third-order valence-corrected chi connectivity index (χ3v) is 4.14. The molecule has 0 N–H and O–H groups in total. The number of esters is 2. The summed E-state index contributed by atoms with van der Waals surface area (Å²) in [4.78, 5) is 23.1. The van der Waals surface area contributed by atoms with Crippen LogP contribution in [0.2, 0.25) is 0 Å². The first kappa shape index (κ1) is 24.4. The van der Waals surface area contributed by atoms with Crippen molar-refractivity contribution in [2.24, 2.45) is 0 Å². The minimum Gasteiger partial charge on any atom is -0.461 e. The number of carbonyl (C=O) groups excluding carboxylic acids is 2. The quantitative estimate of drug-likeness (QED) is 0.205. The second-order valence-electron chi connectivity index (χ2n) is 6.90. The topological polar surface area (TPSA) is 52.6 Å². The van der Waals surface area contributed by atoms with Crippen molar-refractivity contribution >= 4 is 11.9 Å². The van der Waals surface area contributed by atoms with Crippen LogP contribution in [-0.4, -0.2) is 25.2 Å². The van der Waals surface area contributed by atoms with Crippen molar-refractivity contribution in [3.05, 3.63) is 23.3 Å². The zero-order valence-electron chi connectivity index (χ0n) is 17.3. The predicted octanol–water partition coefficient (Wildman–Crippen LogP) is 5.91. The average Bonchev–Trinajstić information content (AvgIpc) is 2.60. The summed E-state index contributed by atoms with van der Waals surface area (Å²) in [5, 5.41) is 0. The molecule has 0 aromatic heterocycles. The molecule has 0 radical (unpaired) electrons. The summed E-state index contributed by atoms with van der Waals surface area (Å²) >= 11 is 0. The van der Waals surface area contributed by atoms with Crippen molar-refractivity contribution in [2.75, 3.05) is 13.2 Å². The molecule has 4 nitrogen and oxygen atoms in total.